The monoisotopic (exact) mass is 193 g/mol. The third-order valence-corrected chi connectivity index (χ3v) is 2.40. The van der Waals surface area contributed by atoms with Gasteiger partial charge in [0.05, 0.1) is 6.61 Å². The van der Waals surface area contributed by atoms with E-state index in [1.807, 2.05) is 13.0 Å². The van der Waals surface area contributed by atoms with Crippen molar-refractivity contribution in [1.82, 2.24) is 9.97 Å². The van der Waals surface area contributed by atoms with Crippen molar-refractivity contribution in [3.05, 3.63) is 18.1 Å². The zero-order chi connectivity index (χ0) is 9.80. The minimum absolute atomic E-state index is 0.630. The number of aromatic nitrogens is 2. The summed E-state index contributed by atoms with van der Waals surface area (Å²) in [6, 6.07) is 1.95. The molecule has 0 saturated carbocycles. The summed E-state index contributed by atoms with van der Waals surface area (Å²) in [5.74, 6) is 1.54. The Labute approximate surface area is 83.7 Å². The average Bonchev–Trinajstić information content (AvgIpc) is 2.67. The number of rotatable bonds is 3. The van der Waals surface area contributed by atoms with Crippen LogP contribution in [0.2, 0.25) is 0 Å². The summed E-state index contributed by atoms with van der Waals surface area (Å²) in [6.07, 6.45) is 2.74. The summed E-state index contributed by atoms with van der Waals surface area (Å²) < 4.78 is 5.30. The van der Waals surface area contributed by atoms with E-state index in [1.165, 1.54) is 0 Å². The van der Waals surface area contributed by atoms with Crippen molar-refractivity contribution < 1.29 is 4.74 Å². The van der Waals surface area contributed by atoms with E-state index in [0.29, 0.717) is 5.92 Å². The molecule has 1 aliphatic rings. The van der Waals surface area contributed by atoms with Crippen LogP contribution >= 0.6 is 0 Å². The molecule has 76 valence electrons. The van der Waals surface area contributed by atoms with Crippen molar-refractivity contribution in [2.45, 2.75) is 13.3 Å². The fraction of sp³-hybridized carbons (Fsp3) is 0.600. The highest BCUT2D eigenvalue weighted by Crippen LogP contribution is 2.13. The van der Waals surface area contributed by atoms with Crippen LogP contribution in [0.3, 0.4) is 0 Å². The van der Waals surface area contributed by atoms with Crippen LogP contribution in [0, 0.1) is 12.8 Å². The van der Waals surface area contributed by atoms with Gasteiger partial charge in [0.25, 0.3) is 0 Å². The lowest BCUT2D eigenvalue weighted by Crippen LogP contribution is -2.14. The molecule has 1 unspecified atom stereocenters. The van der Waals surface area contributed by atoms with Crippen LogP contribution in [-0.4, -0.2) is 29.7 Å². The molecule has 0 bridgehead atoms. The van der Waals surface area contributed by atoms with E-state index in [2.05, 4.69) is 15.3 Å². The van der Waals surface area contributed by atoms with Gasteiger partial charge in [-0.05, 0) is 13.3 Å². The number of aryl methyl sites for hydroxylation is 1. The van der Waals surface area contributed by atoms with Crippen molar-refractivity contribution in [3.8, 4) is 0 Å². The van der Waals surface area contributed by atoms with Crippen LogP contribution in [-0.2, 0) is 4.74 Å². The van der Waals surface area contributed by atoms with E-state index >= 15 is 0 Å². The van der Waals surface area contributed by atoms with Crippen LogP contribution in [0.5, 0.6) is 0 Å². The third kappa shape index (κ3) is 2.42. The van der Waals surface area contributed by atoms with Crippen molar-refractivity contribution >= 4 is 5.82 Å². The molecule has 1 fully saturated rings. The first-order valence-electron chi connectivity index (χ1n) is 4.95. The van der Waals surface area contributed by atoms with Gasteiger partial charge in [-0.2, -0.15) is 0 Å². The minimum Gasteiger partial charge on any atom is -0.381 e. The number of ether oxygens (including phenoxy) is 1. The predicted molar refractivity (Wildman–Crippen MR) is 54.2 cm³/mol. The lowest BCUT2D eigenvalue weighted by molar-refractivity contribution is 0.187. The quantitative estimate of drug-likeness (QED) is 0.784. The molecule has 1 aromatic rings. The second-order valence-corrected chi connectivity index (χ2v) is 3.66. The Morgan fingerprint density at radius 3 is 3.21 bits per heavy atom. The number of anilines is 1. The molecule has 4 nitrogen and oxygen atoms in total. The predicted octanol–water partition coefficient (Wildman–Crippen LogP) is 1.23. The number of nitrogens with zero attached hydrogens (tertiary/aromatic N) is 2. The molecule has 1 N–H and O–H groups in total. The zero-order valence-electron chi connectivity index (χ0n) is 8.36. The normalized spacial score (nSPS) is 21.1. The van der Waals surface area contributed by atoms with E-state index in [0.717, 1.165) is 37.7 Å². The van der Waals surface area contributed by atoms with Gasteiger partial charge in [0.2, 0.25) is 0 Å². The Balaban J connectivity index is 1.85. The van der Waals surface area contributed by atoms with Gasteiger partial charge >= 0.3 is 0 Å². The van der Waals surface area contributed by atoms with Gasteiger partial charge in [-0.1, -0.05) is 0 Å². The number of nitrogens with one attached hydrogen (secondary N) is 1. The van der Waals surface area contributed by atoms with Gasteiger partial charge in [0.15, 0.2) is 0 Å². The summed E-state index contributed by atoms with van der Waals surface area (Å²) in [5.41, 5.74) is 0.991. The minimum atomic E-state index is 0.630. The smallest absolute Gasteiger partial charge is 0.129 e. The maximum Gasteiger partial charge on any atom is 0.129 e. The second kappa shape index (κ2) is 4.37. The molecule has 0 aromatic carbocycles. The Morgan fingerprint density at radius 2 is 2.50 bits per heavy atom. The third-order valence-electron chi connectivity index (χ3n) is 2.40. The molecule has 0 aliphatic carbocycles. The Hall–Kier alpha value is -1.16. The molecule has 0 radical (unpaired) electrons. The van der Waals surface area contributed by atoms with Gasteiger partial charge in [-0.15, -0.1) is 0 Å². The van der Waals surface area contributed by atoms with Crippen LogP contribution in [0.1, 0.15) is 12.1 Å². The molecule has 2 heterocycles. The van der Waals surface area contributed by atoms with E-state index in [9.17, 15) is 0 Å². The van der Waals surface area contributed by atoms with Crippen LogP contribution in [0.15, 0.2) is 12.4 Å². The molecule has 14 heavy (non-hydrogen) atoms. The lowest BCUT2D eigenvalue weighted by atomic mass is 10.1. The highest BCUT2D eigenvalue weighted by atomic mass is 16.5. The Bertz CT molecular complexity index is 297. The molecule has 1 aliphatic heterocycles. The number of hydrogen-bond donors (Lipinski definition) is 1. The SMILES string of the molecule is Cc1cc(NCC2CCOC2)ncn1. The van der Waals surface area contributed by atoms with Gasteiger partial charge in [-0.25, -0.2) is 9.97 Å². The fourth-order valence-electron chi connectivity index (χ4n) is 1.54. The van der Waals surface area contributed by atoms with Crippen LogP contribution in [0.25, 0.3) is 0 Å². The van der Waals surface area contributed by atoms with E-state index in [4.69, 9.17) is 4.74 Å². The molecule has 0 spiro atoms. The van der Waals surface area contributed by atoms with Gasteiger partial charge in [-0.3, -0.25) is 0 Å². The summed E-state index contributed by atoms with van der Waals surface area (Å²) in [5, 5.41) is 3.30. The van der Waals surface area contributed by atoms with Crippen LogP contribution < -0.4 is 5.32 Å². The van der Waals surface area contributed by atoms with Gasteiger partial charge in [0.1, 0.15) is 12.1 Å². The van der Waals surface area contributed by atoms with Crippen molar-refractivity contribution in [1.29, 1.82) is 0 Å². The summed E-state index contributed by atoms with van der Waals surface area (Å²) >= 11 is 0. The Morgan fingerprint density at radius 1 is 1.57 bits per heavy atom. The average molecular weight is 193 g/mol. The summed E-state index contributed by atoms with van der Waals surface area (Å²) in [7, 11) is 0. The molecule has 1 aromatic heterocycles. The standard InChI is InChI=1S/C10H15N3O/c1-8-4-10(13-7-12-8)11-5-9-2-3-14-6-9/h4,7,9H,2-3,5-6H2,1H3,(H,11,12,13). The summed E-state index contributed by atoms with van der Waals surface area (Å²) in [6.45, 7) is 4.67. The molecule has 2 rings (SSSR count). The van der Waals surface area contributed by atoms with Crippen molar-refractivity contribution in [2.75, 3.05) is 25.1 Å². The maximum absolute atomic E-state index is 5.30. The van der Waals surface area contributed by atoms with Crippen LogP contribution in [0.4, 0.5) is 5.82 Å². The highest BCUT2D eigenvalue weighted by molar-refractivity contribution is 5.34. The zero-order valence-corrected chi connectivity index (χ0v) is 8.36. The van der Waals surface area contributed by atoms with Crippen molar-refractivity contribution in [3.63, 3.8) is 0 Å². The first-order valence-corrected chi connectivity index (χ1v) is 4.95. The largest absolute Gasteiger partial charge is 0.381 e. The first-order chi connectivity index (χ1) is 6.84. The first kappa shape index (κ1) is 9.40. The van der Waals surface area contributed by atoms with Gasteiger partial charge < -0.3 is 10.1 Å². The second-order valence-electron chi connectivity index (χ2n) is 3.66. The van der Waals surface area contributed by atoms with E-state index < -0.39 is 0 Å². The summed E-state index contributed by atoms with van der Waals surface area (Å²) in [4.78, 5) is 8.18. The molecule has 4 heteroatoms. The maximum atomic E-state index is 5.30. The molecule has 1 atom stereocenters. The van der Waals surface area contributed by atoms with Crippen molar-refractivity contribution in [2.24, 2.45) is 5.92 Å². The van der Waals surface area contributed by atoms with E-state index in [-0.39, 0.29) is 0 Å². The Kier molecular flexibility index (Phi) is 2.93. The highest BCUT2D eigenvalue weighted by Gasteiger charge is 2.14. The molecule has 0 amide bonds. The molecule has 1 saturated heterocycles. The lowest BCUT2D eigenvalue weighted by Gasteiger charge is -2.09. The molecular formula is C10H15N3O. The molecular weight excluding hydrogens is 178 g/mol. The van der Waals surface area contributed by atoms with Gasteiger partial charge in [0, 0.05) is 30.8 Å². The fourth-order valence-corrected chi connectivity index (χ4v) is 1.54. The van der Waals surface area contributed by atoms with E-state index in [1.54, 1.807) is 6.33 Å². The topological polar surface area (TPSA) is 47.0 Å². The number of hydrogen-bond acceptors (Lipinski definition) is 4.